The molecule has 0 spiro atoms. The summed E-state index contributed by atoms with van der Waals surface area (Å²) in [4.78, 5) is 12.9. The van der Waals surface area contributed by atoms with Gasteiger partial charge in [0, 0.05) is 0 Å². The summed E-state index contributed by atoms with van der Waals surface area (Å²) in [7, 11) is 0. The van der Waals surface area contributed by atoms with E-state index in [-0.39, 0.29) is 6.04 Å². The van der Waals surface area contributed by atoms with E-state index in [1.54, 1.807) is 0 Å². The normalized spacial score (nSPS) is 24.1. The fourth-order valence-corrected chi connectivity index (χ4v) is 1.80. The lowest BCUT2D eigenvalue weighted by Gasteiger charge is -2.21. The van der Waals surface area contributed by atoms with Crippen LogP contribution in [0.2, 0.25) is 0 Å². The van der Waals surface area contributed by atoms with Crippen molar-refractivity contribution in [2.45, 2.75) is 39.2 Å². The van der Waals surface area contributed by atoms with Gasteiger partial charge in [-0.05, 0) is 38.3 Å². The van der Waals surface area contributed by atoms with Crippen LogP contribution in [0.15, 0.2) is 0 Å². The molecule has 0 aromatic heterocycles. The maximum Gasteiger partial charge on any atom is 0.320 e. The molecule has 1 fully saturated rings. The van der Waals surface area contributed by atoms with Crippen LogP contribution >= 0.6 is 0 Å². The fraction of sp³-hybridized carbons (Fsp3) is 0.900. The third kappa shape index (κ3) is 2.99. The molecule has 13 heavy (non-hydrogen) atoms. The van der Waals surface area contributed by atoms with Gasteiger partial charge in [-0.3, -0.25) is 9.69 Å². The number of carbonyl (C=O) groups is 1. The summed E-state index contributed by atoms with van der Waals surface area (Å²) in [6, 6.07) is -0.209. The number of likely N-dealkylation sites (tertiary alicyclic amines) is 1. The van der Waals surface area contributed by atoms with Crippen LogP contribution in [0.1, 0.15) is 33.1 Å². The highest BCUT2D eigenvalue weighted by molar-refractivity contribution is 5.73. The van der Waals surface area contributed by atoms with E-state index in [0.29, 0.717) is 5.92 Å². The van der Waals surface area contributed by atoms with Gasteiger partial charge in [-0.25, -0.2) is 0 Å². The Hall–Kier alpha value is -0.570. The van der Waals surface area contributed by atoms with E-state index in [4.69, 9.17) is 5.11 Å². The lowest BCUT2D eigenvalue weighted by atomic mass is 10.1. The molecular formula is C10H19NO2. The second kappa shape index (κ2) is 4.61. The number of carboxylic acid groups (broad SMARTS) is 1. The summed E-state index contributed by atoms with van der Waals surface area (Å²) < 4.78 is 0. The third-order valence-electron chi connectivity index (χ3n) is 2.64. The van der Waals surface area contributed by atoms with Gasteiger partial charge >= 0.3 is 5.97 Å². The SMILES string of the molecule is CC(C)CCN1CCC[C@H]1C(=O)O. The van der Waals surface area contributed by atoms with Crippen molar-refractivity contribution >= 4 is 5.97 Å². The van der Waals surface area contributed by atoms with Crippen molar-refractivity contribution in [1.82, 2.24) is 4.90 Å². The van der Waals surface area contributed by atoms with Gasteiger partial charge in [-0.2, -0.15) is 0 Å². The van der Waals surface area contributed by atoms with E-state index in [2.05, 4.69) is 18.7 Å². The molecule has 0 aromatic rings. The molecule has 0 amide bonds. The van der Waals surface area contributed by atoms with Crippen molar-refractivity contribution < 1.29 is 9.90 Å². The van der Waals surface area contributed by atoms with Crippen LogP contribution in [-0.2, 0) is 4.79 Å². The number of hydrogen-bond donors (Lipinski definition) is 1. The molecule has 1 N–H and O–H groups in total. The fourth-order valence-electron chi connectivity index (χ4n) is 1.80. The Bertz CT molecular complexity index is 180. The number of rotatable bonds is 4. The lowest BCUT2D eigenvalue weighted by Crippen LogP contribution is -2.36. The number of nitrogens with zero attached hydrogens (tertiary/aromatic N) is 1. The maximum atomic E-state index is 10.8. The highest BCUT2D eigenvalue weighted by Gasteiger charge is 2.29. The average molecular weight is 185 g/mol. The summed E-state index contributed by atoms with van der Waals surface area (Å²) in [5.41, 5.74) is 0. The average Bonchev–Trinajstić information content (AvgIpc) is 2.47. The standard InChI is InChI=1S/C10H19NO2/c1-8(2)5-7-11-6-3-4-9(11)10(12)13/h8-9H,3-7H2,1-2H3,(H,12,13)/t9-/m0/s1. The van der Waals surface area contributed by atoms with Crippen molar-refractivity contribution in [2.24, 2.45) is 5.92 Å². The Labute approximate surface area is 79.7 Å². The van der Waals surface area contributed by atoms with Crippen LogP contribution in [-0.4, -0.2) is 35.1 Å². The molecule has 0 bridgehead atoms. The van der Waals surface area contributed by atoms with Gasteiger partial charge in [0.05, 0.1) is 0 Å². The van der Waals surface area contributed by atoms with E-state index >= 15 is 0 Å². The van der Waals surface area contributed by atoms with Crippen molar-refractivity contribution in [1.29, 1.82) is 0 Å². The molecule has 3 heteroatoms. The Morgan fingerprint density at radius 3 is 2.85 bits per heavy atom. The van der Waals surface area contributed by atoms with Crippen LogP contribution in [0.25, 0.3) is 0 Å². The molecule has 3 nitrogen and oxygen atoms in total. The summed E-state index contributed by atoms with van der Waals surface area (Å²) in [6.45, 7) is 6.25. The topological polar surface area (TPSA) is 40.5 Å². The van der Waals surface area contributed by atoms with E-state index in [0.717, 1.165) is 32.4 Å². The first-order valence-corrected chi connectivity index (χ1v) is 5.08. The highest BCUT2D eigenvalue weighted by atomic mass is 16.4. The highest BCUT2D eigenvalue weighted by Crippen LogP contribution is 2.18. The quantitative estimate of drug-likeness (QED) is 0.723. The summed E-state index contributed by atoms with van der Waals surface area (Å²) in [6.07, 6.45) is 2.96. The molecule has 1 aliphatic rings. The summed E-state index contributed by atoms with van der Waals surface area (Å²) in [5, 5.41) is 8.91. The Morgan fingerprint density at radius 1 is 1.62 bits per heavy atom. The minimum absolute atomic E-state index is 0.209. The van der Waals surface area contributed by atoms with Gasteiger partial charge in [-0.1, -0.05) is 13.8 Å². The molecule has 1 aliphatic heterocycles. The minimum Gasteiger partial charge on any atom is -0.480 e. The molecule has 0 aliphatic carbocycles. The molecular weight excluding hydrogens is 166 g/mol. The largest absolute Gasteiger partial charge is 0.480 e. The first kappa shape index (κ1) is 10.5. The predicted molar refractivity (Wildman–Crippen MR) is 51.7 cm³/mol. The predicted octanol–water partition coefficient (Wildman–Crippen LogP) is 1.58. The van der Waals surface area contributed by atoms with Gasteiger partial charge in [0.2, 0.25) is 0 Å². The van der Waals surface area contributed by atoms with Gasteiger partial charge in [0.1, 0.15) is 6.04 Å². The minimum atomic E-state index is -0.652. The van der Waals surface area contributed by atoms with E-state index in [1.807, 2.05) is 0 Å². The molecule has 0 unspecified atom stereocenters. The first-order valence-electron chi connectivity index (χ1n) is 5.08. The van der Waals surface area contributed by atoms with Gasteiger partial charge < -0.3 is 5.11 Å². The molecule has 1 atom stereocenters. The van der Waals surface area contributed by atoms with Crippen LogP contribution in [0, 0.1) is 5.92 Å². The van der Waals surface area contributed by atoms with Crippen molar-refractivity contribution in [3.63, 3.8) is 0 Å². The zero-order valence-corrected chi connectivity index (χ0v) is 8.49. The number of aliphatic carboxylic acids is 1. The zero-order chi connectivity index (χ0) is 9.84. The van der Waals surface area contributed by atoms with Crippen molar-refractivity contribution in [3.05, 3.63) is 0 Å². The number of carboxylic acids is 1. The van der Waals surface area contributed by atoms with Crippen LogP contribution < -0.4 is 0 Å². The van der Waals surface area contributed by atoms with E-state index in [9.17, 15) is 4.79 Å². The monoisotopic (exact) mass is 185 g/mol. The van der Waals surface area contributed by atoms with E-state index < -0.39 is 5.97 Å². The Morgan fingerprint density at radius 2 is 2.31 bits per heavy atom. The molecule has 76 valence electrons. The van der Waals surface area contributed by atoms with Crippen molar-refractivity contribution in [2.75, 3.05) is 13.1 Å². The second-order valence-electron chi connectivity index (χ2n) is 4.21. The molecule has 0 saturated carbocycles. The smallest absolute Gasteiger partial charge is 0.320 e. The lowest BCUT2D eigenvalue weighted by molar-refractivity contribution is -0.142. The Balaban J connectivity index is 2.35. The van der Waals surface area contributed by atoms with Crippen LogP contribution in [0.5, 0.6) is 0 Å². The molecule has 1 saturated heterocycles. The molecule has 1 rings (SSSR count). The number of hydrogen-bond acceptors (Lipinski definition) is 2. The Kier molecular flexibility index (Phi) is 3.72. The van der Waals surface area contributed by atoms with Gasteiger partial charge in [0.15, 0.2) is 0 Å². The maximum absolute atomic E-state index is 10.8. The van der Waals surface area contributed by atoms with Crippen LogP contribution in [0.4, 0.5) is 0 Å². The van der Waals surface area contributed by atoms with Gasteiger partial charge in [0.25, 0.3) is 0 Å². The van der Waals surface area contributed by atoms with Gasteiger partial charge in [-0.15, -0.1) is 0 Å². The second-order valence-corrected chi connectivity index (χ2v) is 4.21. The first-order chi connectivity index (χ1) is 6.11. The zero-order valence-electron chi connectivity index (χ0n) is 8.49. The molecule has 0 radical (unpaired) electrons. The van der Waals surface area contributed by atoms with Crippen molar-refractivity contribution in [3.8, 4) is 0 Å². The third-order valence-corrected chi connectivity index (χ3v) is 2.64. The summed E-state index contributed by atoms with van der Waals surface area (Å²) >= 11 is 0. The van der Waals surface area contributed by atoms with Crippen LogP contribution in [0.3, 0.4) is 0 Å². The summed E-state index contributed by atoms with van der Waals surface area (Å²) in [5.74, 6) is 0.0105. The van der Waals surface area contributed by atoms with E-state index in [1.165, 1.54) is 0 Å². The molecule has 1 heterocycles. The molecule has 0 aromatic carbocycles.